The molecule has 1 N–H and O–H groups in total. The predicted molar refractivity (Wildman–Crippen MR) is 67.3 cm³/mol. The molecule has 1 rings (SSSR count). The summed E-state index contributed by atoms with van der Waals surface area (Å²) in [5, 5.41) is 8.51. The third kappa shape index (κ3) is 4.64. The first-order chi connectivity index (χ1) is 8.54. The lowest BCUT2D eigenvalue weighted by atomic mass is 9.95. The Kier molecular flexibility index (Phi) is 6.12. The van der Waals surface area contributed by atoms with Crippen molar-refractivity contribution in [1.29, 1.82) is 0 Å². The summed E-state index contributed by atoms with van der Waals surface area (Å²) in [7, 11) is 1.68. The quantitative estimate of drug-likeness (QED) is 0.732. The van der Waals surface area contributed by atoms with Gasteiger partial charge in [0.25, 0.3) is 0 Å². The molecule has 18 heavy (non-hydrogen) atoms. The molecule has 1 heterocycles. The van der Waals surface area contributed by atoms with E-state index in [1.807, 2.05) is 4.90 Å². The molecule has 104 valence electrons. The van der Waals surface area contributed by atoms with E-state index in [4.69, 9.17) is 9.84 Å². The van der Waals surface area contributed by atoms with E-state index in [2.05, 4.69) is 6.92 Å². The molecule has 1 aliphatic heterocycles. The van der Waals surface area contributed by atoms with Gasteiger partial charge < -0.3 is 14.7 Å². The molecule has 2 atom stereocenters. The van der Waals surface area contributed by atoms with Gasteiger partial charge in [0.05, 0.1) is 6.10 Å². The SMILES string of the molecule is COC1CN(C(=O)CCCCC(=O)O)CCC1C. The van der Waals surface area contributed by atoms with E-state index in [1.54, 1.807) is 7.11 Å². The first-order valence-electron chi connectivity index (χ1n) is 6.57. The van der Waals surface area contributed by atoms with Crippen LogP contribution in [0.3, 0.4) is 0 Å². The average molecular weight is 257 g/mol. The Morgan fingerprint density at radius 2 is 2.00 bits per heavy atom. The van der Waals surface area contributed by atoms with Crippen molar-refractivity contribution in [1.82, 2.24) is 4.90 Å². The van der Waals surface area contributed by atoms with Crippen molar-refractivity contribution in [3.05, 3.63) is 0 Å². The molecule has 1 saturated heterocycles. The maximum Gasteiger partial charge on any atom is 0.303 e. The second kappa shape index (κ2) is 7.36. The van der Waals surface area contributed by atoms with E-state index in [0.29, 0.717) is 31.7 Å². The normalized spacial score (nSPS) is 24.0. The highest BCUT2D eigenvalue weighted by atomic mass is 16.5. The minimum absolute atomic E-state index is 0.120. The summed E-state index contributed by atoms with van der Waals surface area (Å²) in [6.07, 6.45) is 2.90. The topological polar surface area (TPSA) is 66.8 Å². The minimum Gasteiger partial charge on any atom is -0.481 e. The zero-order chi connectivity index (χ0) is 13.5. The minimum atomic E-state index is -0.798. The van der Waals surface area contributed by atoms with Crippen LogP contribution in [0.4, 0.5) is 0 Å². The van der Waals surface area contributed by atoms with Crippen molar-refractivity contribution in [2.75, 3.05) is 20.2 Å². The molecule has 0 saturated carbocycles. The van der Waals surface area contributed by atoms with Gasteiger partial charge in [0, 0.05) is 33.0 Å². The number of ether oxygens (including phenoxy) is 1. The highest BCUT2D eigenvalue weighted by Crippen LogP contribution is 2.20. The number of carbonyl (C=O) groups is 2. The van der Waals surface area contributed by atoms with Gasteiger partial charge in [-0.3, -0.25) is 9.59 Å². The van der Waals surface area contributed by atoms with Gasteiger partial charge in [-0.15, -0.1) is 0 Å². The Bertz CT molecular complexity index is 293. The smallest absolute Gasteiger partial charge is 0.303 e. The summed E-state index contributed by atoms with van der Waals surface area (Å²) in [6.45, 7) is 3.59. The van der Waals surface area contributed by atoms with Crippen LogP contribution >= 0.6 is 0 Å². The van der Waals surface area contributed by atoms with Crippen LogP contribution in [0.15, 0.2) is 0 Å². The van der Waals surface area contributed by atoms with E-state index in [9.17, 15) is 9.59 Å². The lowest BCUT2D eigenvalue weighted by Crippen LogP contribution is -2.46. The molecule has 0 spiro atoms. The molecule has 0 aromatic rings. The molecular formula is C13H23NO4. The van der Waals surface area contributed by atoms with E-state index >= 15 is 0 Å². The molecule has 0 bridgehead atoms. The van der Waals surface area contributed by atoms with Gasteiger partial charge >= 0.3 is 5.97 Å². The number of carboxylic acid groups (broad SMARTS) is 1. The van der Waals surface area contributed by atoms with Crippen LogP contribution in [-0.2, 0) is 14.3 Å². The van der Waals surface area contributed by atoms with Crippen LogP contribution in [0.2, 0.25) is 0 Å². The maximum absolute atomic E-state index is 11.9. The number of carboxylic acids is 1. The van der Waals surface area contributed by atoms with Crippen molar-refractivity contribution in [3.8, 4) is 0 Å². The Hall–Kier alpha value is -1.10. The Morgan fingerprint density at radius 1 is 1.33 bits per heavy atom. The van der Waals surface area contributed by atoms with Crippen molar-refractivity contribution in [3.63, 3.8) is 0 Å². The molecule has 0 aliphatic carbocycles. The number of carbonyl (C=O) groups excluding carboxylic acids is 1. The molecule has 5 nitrogen and oxygen atoms in total. The summed E-state index contributed by atoms with van der Waals surface area (Å²) in [6, 6.07) is 0. The third-order valence-electron chi connectivity index (χ3n) is 3.58. The third-order valence-corrected chi connectivity index (χ3v) is 3.58. The maximum atomic E-state index is 11.9. The highest BCUT2D eigenvalue weighted by Gasteiger charge is 2.28. The first-order valence-corrected chi connectivity index (χ1v) is 6.57. The van der Waals surface area contributed by atoms with Crippen molar-refractivity contribution in [2.24, 2.45) is 5.92 Å². The van der Waals surface area contributed by atoms with E-state index in [1.165, 1.54) is 0 Å². The monoisotopic (exact) mass is 257 g/mol. The molecule has 1 fully saturated rings. The van der Waals surface area contributed by atoms with Gasteiger partial charge in [-0.25, -0.2) is 0 Å². The first kappa shape index (κ1) is 15.0. The van der Waals surface area contributed by atoms with Crippen molar-refractivity contribution < 1.29 is 19.4 Å². The van der Waals surface area contributed by atoms with Crippen LogP contribution in [0, 0.1) is 5.92 Å². The number of likely N-dealkylation sites (tertiary alicyclic amines) is 1. The molecule has 2 unspecified atom stereocenters. The number of amides is 1. The molecule has 5 heteroatoms. The second-order valence-corrected chi connectivity index (χ2v) is 4.98. The fourth-order valence-electron chi connectivity index (χ4n) is 2.28. The van der Waals surface area contributed by atoms with Crippen LogP contribution in [0.1, 0.15) is 39.0 Å². The number of methoxy groups -OCH3 is 1. The van der Waals surface area contributed by atoms with E-state index < -0.39 is 5.97 Å². The lowest BCUT2D eigenvalue weighted by Gasteiger charge is -2.36. The summed E-state index contributed by atoms with van der Waals surface area (Å²) < 4.78 is 5.37. The van der Waals surface area contributed by atoms with E-state index in [-0.39, 0.29) is 18.4 Å². The molecule has 0 radical (unpaired) electrons. The van der Waals surface area contributed by atoms with Crippen molar-refractivity contribution >= 4 is 11.9 Å². The van der Waals surface area contributed by atoms with Crippen molar-refractivity contribution in [2.45, 2.75) is 45.1 Å². The predicted octanol–water partition coefficient (Wildman–Crippen LogP) is 1.51. The number of piperidine rings is 1. The summed E-state index contributed by atoms with van der Waals surface area (Å²) in [5.41, 5.74) is 0. The Morgan fingerprint density at radius 3 is 2.61 bits per heavy atom. The number of rotatable bonds is 6. The largest absolute Gasteiger partial charge is 0.481 e. The summed E-state index contributed by atoms with van der Waals surface area (Å²) >= 11 is 0. The highest BCUT2D eigenvalue weighted by molar-refractivity contribution is 5.76. The molecule has 0 aromatic heterocycles. The Labute approximate surface area is 108 Å². The fourth-order valence-corrected chi connectivity index (χ4v) is 2.28. The van der Waals surface area contributed by atoms with Crippen LogP contribution in [0.5, 0.6) is 0 Å². The zero-order valence-corrected chi connectivity index (χ0v) is 11.2. The Balaban J connectivity index is 2.27. The molecule has 0 aromatic carbocycles. The van der Waals surface area contributed by atoms with Gasteiger partial charge in [0.2, 0.25) is 5.91 Å². The standard InChI is InChI=1S/C13H23NO4/c1-10-7-8-14(9-11(10)18-2)12(15)5-3-4-6-13(16)17/h10-11H,3-9H2,1-2H3,(H,16,17). The van der Waals surface area contributed by atoms with Gasteiger partial charge in [0.1, 0.15) is 0 Å². The summed E-state index contributed by atoms with van der Waals surface area (Å²) in [5.74, 6) is -0.186. The molecule has 1 amide bonds. The van der Waals surface area contributed by atoms with Crippen LogP contribution < -0.4 is 0 Å². The number of hydrogen-bond acceptors (Lipinski definition) is 3. The average Bonchev–Trinajstić information content (AvgIpc) is 2.34. The number of unbranched alkanes of at least 4 members (excludes halogenated alkanes) is 1. The number of hydrogen-bond donors (Lipinski definition) is 1. The second-order valence-electron chi connectivity index (χ2n) is 4.98. The van der Waals surface area contributed by atoms with Gasteiger partial charge in [-0.05, 0) is 25.2 Å². The number of aliphatic carboxylic acids is 1. The van der Waals surface area contributed by atoms with Crippen LogP contribution in [-0.4, -0.2) is 48.2 Å². The van der Waals surface area contributed by atoms with E-state index in [0.717, 1.165) is 13.0 Å². The van der Waals surface area contributed by atoms with Gasteiger partial charge in [-0.1, -0.05) is 6.92 Å². The lowest BCUT2D eigenvalue weighted by molar-refractivity contribution is -0.138. The molecule has 1 aliphatic rings. The van der Waals surface area contributed by atoms with Gasteiger partial charge in [0.15, 0.2) is 0 Å². The fraction of sp³-hybridized carbons (Fsp3) is 0.846. The molecular weight excluding hydrogens is 234 g/mol. The summed E-state index contributed by atoms with van der Waals surface area (Å²) in [4.78, 5) is 24.1. The number of nitrogens with zero attached hydrogens (tertiary/aromatic N) is 1. The van der Waals surface area contributed by atoms with Crippen LogP contribution in [0.25, 0.3) is 0 Å². The zero-order valence-electron chi connectivity index (χ0n) is 11.2. The van der Waals surface area contributed by atoms with Gasteiger partial charge in [-0.2, -0.15) is 0 Å².